The maximum Gasteiger partial charge on any atom is 0.254 e. The van der Waals surface area contributed by atoms with Gasteiger partial charge in [0, 0.05) is 36.7 Å². The van der Waals surface area contributed by atoms with Gasteiger partial charge in [0.05, 0.1) is 6.61 Å². The molecule has 0 saturated carbocycles. The number of pyridine rings is 1. The molecule has 5 heteroatoms. The third-order valence-electron chi connectivity index (χ3n) is 3.13. The van der Waals surface area contributed by atoms with Crippen LogP contribution in [0.1, 0.15) is 38.4 Å². The van der Waals surface area contributed by atoms with Gasteiger partial charge in [-0.2, -0.15) is 0 Å². The summed E-state index contributed by atoms with van der Waals surface area (Å²) in [5, 5.41) is -0.423. The van der Waals surface area contributed by atoms with Crippen LogP contribution >= 0.6 is 11.6 Å². The van der Waals surface area contributed by atoms with E-state index in [2.05, 4.69) is 20.8 Å². The molecular weight excluding hydrogens is 278 g/mol. The summed E-state index contributed by atoms with van der Waals surface area (Å²) in [5.74, 6) is 0. The van der Waals surface area contributed by atoms with Crippen LogP contribution in [-0.4, -0.2) is 23.5 Å². The molecule has 0 aliphatic carbocycles. The molecule has 0 amide bonds. The zero-order chi connectivity index (χ0) is 15.3. The molecule has 0 N–H and O–H groups in total. The van der Waals surface area contributed by atoms with Crippen molar-refractivity contribution in [1.82, 2.24) is 4.57 Å². The number of ether oxygens (including phenoxy) is 1. The Bertz CT molecular complexity index is 529. The van der Waals surface area contributed by atoms with Gasteiger partial charge in [-0.1, -0.05) is 26.8 Å². The van der Waals surface area contributed by atoms with Crippen LogP contribution in [0.25, 0.3) is 0 Å². The van der Waals surface area contributed by atoms with E-state index in [-0.39, 0.29) is 17.4 Å². The molecule has 0 unspecified atom stereocenters. The van der Waals surface area contributed by atoms with E-state index in [0.717, 1.165) is 5.69 Å². The first-order chi connectivity index (χ1) is 9.27. The Morgan fingerprint density at radius 2 is 2.00 bits per heavy atom. The van der Waals surface area contributed by atoms with Crippen LogP contribution in [0.4, 0.5) is 0 Å². The highest BCUT2D eigenvalue weighted by molar-refractivity contribution is 6.63. The summed E-state index contributed by atoms with van der Waals surface area (Å²) in [4.78, 5) is 23.4. The molecule has 1 heterocycles. The second-order valence-corrected chi connectivity index (χ2v) is 6.22. The number of carbonyl (C=O) groups is 1. The minimum Gasteiger partial charge on any atom is -0.383 e. The van der Waals surface area contributed by atoms with E-state index in [1.807, 2.05) is 6.07 Å². The SMILES string of the molecule is COCCn1c(C(C)(C)C)ccc(CCC(=O)Cl)c1=O. The van der Waals surface area contributed by atoms with Crippen LogP contribution in [-0.2, 0) is 27.9 Å². The lowest BCUT2D eigenvalue weighted by Crippen LogP contribution is -2.32. The summed E-state index contributed by atoms with van der Waals surface area (Å²) in [6.45, 7) is 7.17. The number of nitrogens with zero attached hydrogens (tertiary/aromatic N) is 1. The molecule has 1 rings (SSSR count). The second-order valence-electron chi connectivity index (χ2n) is 5.80. The number of halogens is 1. The highest BCUT2D eigenvalue weighted by Gasteiger charge is 2.20. The average Bonchev–Trinajstić information content (AvgIpc) is 2.34. The minimum atomic E-state index is -0.423. The second kappa shape index (κ2) is 7.04. The van der Waals surface area contributed by atoms with E-state index in [1.54, 1.807) is 17.7 Å². The Balaban J connectivity index is 3.20. The van der Waals surface area contributed by atoms with Gasteiger partial charge in [0.25, 0.3) is 5.56 Å². The van der Waals surface area contributed by atoms with Crippen LogP contribution in [0.2, 0.25) is 0 Å². The summed E-state index contributed by atoms with van der Waals surface area (Å²) in [6, 6.07) is 3.75. The van der Waals surface area contributed by atoms with E-state index in [0.29, 0.717) is 25.1 Å². The fourth-order valence-electron chi connectivity index (χ4n) is 2.11. The van der Waals surface area contributed by atoms with E-state index < -0.39 is 5.24 Å². The third-order valence-corrected chi connectivity index (χ3v) is 3.32. The van der Waals surface area contributed by atoms with Crippen molar-refractivity contribution in [3.63, 3.8) is 0 Å². The first-order valence-corrected chi connectivity index (χ1v) is 7.05. The first kappa shape index (κ1) is 16.9. The standard InChI is InChI=1S/C15H22ClNO3/c1-15(2,3)12-7-5-11(6-8-13(16)18)14(19)17(12)9-10-20-4/h5,7H,6,8-10H2,1-4H3. The summed E-state index contributed by atoms with van der Waals surface area (Å²) in [5.41, 5.74) is 1.38. The summed E-state index contributed by atoms with van der Waals surface area (Å²) in [6.07, 6.45) is 0.550. The summed E-state index contributed by atoms with van der Waals surface area (Å²) < 4.78 is 6.81. The van der Waals surface area contributed by atoms with Crippen molar-refractivity contribution >= 4 is 16.8 Å². The van der Waals surface area contributed by atoms with Gasteiger partial charge < -0.3 is 9.30 Å². The monoisotopic (exact) mass is 299 g/mol. The average molecular weight is 300 g/mol. The number of hydrogen-bond acceptors (Lipinski definition) is 3. The summed E-state index contributed by atoms with van der Waals surface area (Å²) in [7, 11) is 1.61. The number of rotatable bonds is 6. The highest BCUT2D eigenvalue weighted by atomic mass is 35.5. The van der Waals surface area contributed by atoms with Crippen molar-refractivity contribution in [3.05, 3.63) is 33.7 Å². The van der Waals surface area contributed by atoms with Gasteiger partial charge in [0.15, 0.2) is 0 Å². The largest absolute Gasteiger partial charge is 0.383 e. The molecule has 0 fully saturated rings. The van der Waals surface area contributed by atoms with Crippen molar-refractivity contribution < 1.29 is 9.53 Å². The van der Waals surface area contributed by atoms with Crippen LogP contribution in [0, 0.1) is 0 Å². The number of hydrogen-bond donors (Lipinski definition) is 0. The number of aryl methyl sites for hydroxylation is 1. The molecular formula is C15H22ClNO3. The van der Waals surface area contributed by atoms with E-state index in [9.17, 15) is 9.59 Å². The molecule has 0 aliphatic heterocycles. The predicted molar refractivity (Wildman–Crippen MR) is 80.5 cm³/mol. The Kier molecular flexibility index (Phi) is 5.96. The molecule has 0 atom stereocenters. The van der Waals surface area contributed by atoms with Crippen LogP contribution in [0.15, 0.2) is 16.9 Å². The molecule has 0 aliphatic rings. The molecule has 0 bridgehead atoms. The van der Waals surface area contributed by atoms with E-state index in [1.165, 1.54) is 0 Å². The molecule has 1 aromatic heterocycles. The zero-order valence-corrected chi connectivity index (χ0v) is 13.3. The highest BCUT2D eigenvalue weighted by Crippen LogP contribution is 2.21. The van der Waals surface area contributed by atoms with Gasteiger partial charge >= 0.3 is 0 Å². The van der Waals surface area contributed by atoms with Crippen molar-refractivity contribution in [1.29, 1.82) is 0 Å². The maximum atomic E-state index is 12.5. The lowest BCUT2D eigenvalue weighted by molar-refractivity contribution is -0.111. The van der Waals surface area contributed by atoms with Gasteiger partial charge in [-0.05, 0) is 24.1 Å². The van der Waals surface area contributed by atoms with Gasteiger partial charge in [0.1, 0.15) is 0 Å². The van der Waals surface area contributed by atoms with Gasteiger partial charge in [-0.25, -0.2) is 0 Å². The first-order valence-electron chi connectivity index (χ1n) is 6.68. The molecule has 0 spiro atoms. The van der Waals surface area contributed by atoms with Gasteiger partial charge in [-0.15, -0.1) is 0 Å². The van der Waals surface area contributed by atoms with Crippen LogP contribution in [0.3, 0.4) is 0 Å². The molecule has 20 heavy (non-hydrogen) atoms. The van der Waals surface area contributed by atoms with E-state index in [4.69, 9.17) is 16.3 Å². The predicted octanol–water partition coefficient (Wildman–Crippen LogP) is 2.49. The number of aromatic nitrogens is 1. The number of carbonyl (C=O) groups excluding carboxylic acids is 1. The molecule has 1 aromatic rings. The van der Waals surface area contributed by atoms with Crippen LogP contribution < -0.4 is 5.56 Å². The fraction of sp³-hybridized carbons (Fsp3) is 0.600. The van der Waals surface area contributed by atoms with Gasteiger partial charge in [0.2, 0.25) is 5.24 Å². The topological polar surface area (TPSA) is 48.3 Å². The molecule has 0 radical (unpaired) electrons. The Hall–Kier alpha value is -1.13. The normalized spacial score (nSPS) is 11.7. The summed E-state index contributed by atoms with van der Waals surface area (Å²) >= 11 is 5.34. The number of methoxy groups -OCH3 is 1. The third kappa shape index (κ3) is 4.46. The smallest absolute Gasteiger partial charge is 0.254 e. The molecule has 4 nitrogen and oxygen atoms in total. The Morgan fingerprint density at radius 3 is 2.50 bits per heavy atom. The van der Waals surface area contributed by atoms with E-state index >= 15 is 0 Å². The van der Waals surface area contributed by atoms with Gasteiger partial charge in [-0.3, -0.25) is 9.59 Å². The zero-order valence-electron chi connectivity index (χ0n) is 12.5. The minimum absolute atomic E-state index is 0.0626. The fourth-order valence-corrected chi connectivity index (χ4v) is 2.20. The molecule has 112 valence electrons. The van der Waals surface area contributed by atoms with Crippen molar-refractivity contribution in [2.45, 2.75) is 45.6 Å². The molecule has 0 saturated heterocycles. The van der Waals surface area contributed by atoms with Crippen molar-refractivity contribution in [3.8, 4) is 0 Å². The van der Waals surface area contributed by atoms with Crippen LogP contribution in [0.5, 0.6) is 0 Å². The molecule has 0 aromatic carbocycles. The Labute approximate surface area is 124 Å². The maximum absolute atomic E-state index is 12.5. The Morgan fingerprint density at radius 1 is 1.35 bits per heavy atom. The van der Waals surface area contributed by atoms with Crippen molar-refractivity contribution in [2.75, 3.05) is 13.7 Å². The lowest BCUT2D eigenvalue weighted by Gasteiger charge is -2.24. The lowest BCUT2D eigenvalue weighted by atomic mass is 9.90. The quantitative estimate of drug-likeness (QED) is 0.758. The van der Waals surface area contributed by atoms with Crippen molar-refractivity contribution in [2.24, 2.45) is 0 Å².